The number of nitrogens with one attached hydrogen (secondary N) is 1. The number of aliphatic hydroxyl groups is 1. The van der Waals surface area contributed by atoms with Gasteiger partial charge in [0.15, 0.2) is 5.60 Å². The van der Waals surface area contributed by atoms with Crippen molar-refractivity contribution in [3.63, 3.8) is 0 Å². The number of thiophene rings is 1. The fraction of sp³-hybridized carbons (Fsp3) is 0.167. The summed E-state index contributed by atoms with van der Waals surface area (Å²) in [6.07, 6.45) is -3.39. The molecule has 0 fully saturated rings. The summed E-state index contributed by atoms with van der Waals surface area (Å²) in [5, 5.41) is 17.1. The van der Waals surface area contributed by atoms with Crippen molar-refractivity contribution in [3.8, 4) is 5.75 Å². The number of furan rings is 1. The molecule has 1 aromatic carbocycles. The molecule has 3 rings (SSSR count). The second-order valence-corrected chi connectivity index (χ2v) is 6.38. The maximum absolute atomic E-state index is 12.3. The van der Waals surface area contributed by atoms with Gasteiger partial charge < -0.3 is 19.6 Å². The number of carbonyl (C=O) groups is 1. The topological polar surface area (TPSA) is 71.7 Å². The Bertz CT molecular complexity index is 840. The van der Waals surface area contributed by atoms with Gasteiger partial charge in [0.2, 0.25) is 0 Å². The minimum absolute atomic E-state index is 0.122. The van der Waals surface area contributed by atoms with E-state index in [4.69, 9.17) is 4.42 Å². The molecule has 0 bridgehead atoms. The van der Waals surface area contributed by atoms with Gasteiger partial charge >= 0.3 is 6.36 Å². The van der Waals surface area contributed by atoms with E-state index in [1.54, 1.807) is 29.0 Å². The van der Waals surface area contributed by atoms with Crippen molar-refractivity contribution in [2.45, 2.75) is 12.0 Å². The third kappa shape index (κ3) is 4.50. The lowest BCUT2D eigenvalue weighted by Gasteiger charge is -2.25. The molecule has 0 saturated heterocycles. The van der Waals surface area contributed by atoms with E-state index in [1.165, 1.54) is 29.7 Å². The molecule has 2 aromatic heterocycles. The third-order valence-corrected chi connectivity index (χ3v) is 4.47. The maximum atomic E-state index is 12.3. The zero-order valence-corrected chi connectivity index (χ0v) is 14.5. The average Bonchev–Trinajstić information content (AvgIpc) is 3.32. The summed E-state index contributed by atoms with van der Waals surface area (Å²) in [4.78, 5) is 12.3. The van der Waals surface area contributed by atoms with Crippen molar-refractivity contribution in [2.75, 3.05) is 6.54 Å². The van der Waals surface area contributed by atoms with Crippen LogP contribution in [0.2, 0.25) is 0 Å². The Hall–Kier alpha value is -2.78. The number of rotatable bonds is 6. The molecule has 142 valence electrons. The minimum Gasteiger partial charge on any atom is -0.466 e. The normalized spacial score (nSPS) is 13.8. The molecule has 3 aromatic rings. The van der Waals surface area contributed by atoms with Gasteiger partial charge in [-0.25, -0.2) is 0 Å². The van der Waals surface area contributed by atoms with Gasteiger partial charge in [-0.3, -0.25) is 4.79 Å². The number of alkyl halides is 3. The van der Waals surface area contributed by atoms with Gasteiger partial charge in [0.1, 0.15) is 11.5 Å². The van der Waals surface area contributed by atoms with Crippen LogP contribution >= 0.6 is 11.3 Å². The van der Waals surface area contributed by atoms with Crippen LogP contribution in [0.3, 0.4) is 0 Å². The van der Waals surface area contributed by atoms with Crippen LogP contribution in [-0.2, 0) is 5.60 Å². The number of carbonyl (C=O) groups excluding carboxylic acids is 1. The van der Waals surface area contributed by atoms with Gasteiger partial charge in [-0.05, 0) is 53.2 Å². The van der Waals surface area contributed by atoms with Crippen LogP contribution in [0.15, 0.2) is 63.9 Å². The van der Waals surface area contributed by atoms with Gasteiger partial charge in [-0.15, -0.1) is 13.2 Å². The largest absolute Gasteiger partial charge is 0.573 e. The average molecular weight is 397 g/mol. The lowest BCUT2D eigenvalue weighted by molar-refractivity contribution is -0.274. The summed E-state index contributed by atoms with van der Waals surface area (Å²) in [7, 11) is 0. The van der Waals surface area contributed by atoms with Crippen LogP contribution in [0, 0.1) is 0 Å². The lowest BCUT2D eigenvalue weighted by Crippen LogP contribution is -2.41. The second-order valence-electron chi connectivity index (χ2n) is 5.60. The monoisotopic (exact) mass is 397 g/mol. The molecule has 0 saturated carbocycles. The van der Waals surface area contributed by atoms with Gasteiger partial charge in [-0.1, -0.05) is 0 Å². The van der Waals surface area contributed by atoms with Gasteiger partial charge in [0.25, 0.3) is 5.91 Å². The van der Waals surface area contributed by atoms with Gasteiger partial charge in [0.05, 0.1) is 12.8 Å². The van der Waals surface area contributed by atoms with E-state index in [9.17, 15) is 23.1 Å². The standard InChI is InChI=1S/C18H14F3NO4S/c19-18(20,21)26-14-5-3-12(4-6-14)16(23)22-11-17(24,13-7-9-27-10-13)15-2-1-8-25-15/h1-10,24H,11H2,(H,22,23)/t17-/m1/s1. The van der Waals surface area contributed by atoms with Crippen LogP contribution in [-0.4, -0.2) is 23.9 Å². The summed E-state index contributed by atoms with van der Waals surface area (Å²) >= 11 is 1.38. The smallest absolute Gasteiger partial charge is 0.466 e. The Morgan fingerprint density at radius 3 is 2.48 bits per heavy atom. The SMILES string of the molecule is O=C(NC[C@@](O)(c1ccsc1)c1ccco1)c1ccc(OC(F)(F)F)cc1. The van der Waals surface area contributed by atoms with E-state index < -0.39 is 23.6 Å². The van der Waals surface area contributed by atoms with Crippen LogP contribution in [0.5, 0.6) is 5.75 Å². The predicted molar refractivity (Wildman–Crippen MR) is 91.5 cm³/mol. The Morgan fingerprint density at radius 2 is 1.93 bits per heavy atom. The highest BCUT2D eigenvalue weighted by molar-refractivity contribution is 7.08. The zero-order valence-electron chi connectivity index (χ0n) is 13.7. The van der Waals surface area contributed by atoms with Crippen LogP contribution in [0.1, 0.15) is 21.7 Å². The molecule has 2 N–H and O–H groups in total. The highest BCUT2D eigenvalue weighted by Crippen LogP contribution is 2.31. The third-order valence-electron chi connectivity index (χ3n) is 3.78. The molecule has 0 aliphatic heterocycles. The van der Waals surface area contributed by atoms with Crippen molar-refractivity contribution in [2.24, 2.45) is 0 Å². The first kappa shape index (κ1) is 19.0. The summed E-state index contributed by atoms with van der Waals surface area (Å²) in [5.74, 6) is -0.728. The summed E-state index contributed by atoms with van der Waals surface area (Å²) in [6.45, 7) is -0.184. The van der Waals surface area contributed by atoms with E-state index in [-0.39, 0.29) is 17.9 Å². The predicted octanol–water partition coefficient (Wildman–Crippen LogP) is 3.91. The first-order valence-corrected chi connectivity index (χ1v) is 8.65. The number of hydrogen-bond acceptors (Lipinski definition) is 5. The van der Waals surface area contributed by atoms with Crippen LogP contribution < -0.4 is 10.1 Å². The van der Waals surface area contributed by atoms with Crippen LogP contribution in [0.4, 0.5) is 13.2 Å². The minimum atomic E-state index is -4.80. The second kappa shape index (κ2) is 7.45. The molecule has 0 aliphatic rings. The molecular formula is C18H14F3NO4S. The first-order chi connectivity index (χ1) is 12.8. The molecular weight excluding hydrogens is 383 g/mol. The van der Waals surface area contributed by atoms with E-state index in [1.807, 2.05) is 0 Å². The van der Waals surface area contributed by atoms with Gasteiger partial charge in [0, 0.05) is 11.1 Å². The molecule has 2 heterocycles. The van der Waals surface area contributed by atoms with E-state index in [0.29, 0.717) is 5.56 Å². The Kier molecular flexibility index (Phi) is 5.24. The molecule has 0 radical (unpaired) electrons. The number of amides is 1. The summed E-state index contributed by atoms with van der Waals surface area (Å²) < 4.78 is 45.6. The Morgan fingerprint density at radius 1 is 1.19 bits per heavy atom. The van der Waals surface area contributed by atoms with E-state index in [0.717, 1.165) is 12.1 Å². The van der Waals surface area contributed by atoms with Crippen LogP contribution in [0.25, 0.3) is 0 Å². The van der Waals surface area contributed by atoms with Crippen molar-refractivity contribution < 1.29 is 32.2 Å². The molecule has 9 heteroatoms. The van der Waals surface area contributed by atoms with Crippen molar-refractivity contribution in [1.82, 2.24) is 5.32 Å². The molecule has 1 atom stereocenters. The molecule has 1 amide bonds. The summed E-state index contributed by atoms with van der Waals surface area (Å²) in [5.41, 5.74) is -0.897. The van der Waals surface area contributed by atoms with Crippen molar-refractivity contribution >= 4 is 17.2 Å². The lowest BCUT2D eigenvalue weighted by atomic mass is 9.93. The van der Waals surface area contributed by atoms with Crippen molar-refractivity contribution in [1.29, 1.82) is 0 Å². The maximum Gasteiger partial charge on any atom is 0.573 e. The number of halogens is 3. The zero-order chi connectivity index (χ0) is 19.5. The Balaban J connectivity index is 1.72. The highest BCUT2D eigenvalue weighted by atomic mass is 32.1. The fourth-order valence-corrected chi connectivity index (χ4v) is 3.19. The molecule has 0 aliphatic carbocycles. The van der Waals surface area contributed by atoms with E-state index in [2.05, 4.69) is 10.1 Å². The van der Waals surface area contributed by atoms with Gasteiger partial charge in [-0.2, -0.15) is 11.3 Å². The quantitative estimate of drug-likeness (QED) is 0.662. The molecule has 5 nitrogen and oxygen atoms in total. The highest BCUT2D eigenvalue weighted by Gasteiger charge is 2.35. The first-order valence-electron chi connectivity index (χ1n) is 7.71. The number of ether oxygens (including phenoxy) is 1. The molecule has 27 heavy (non-hydrogen) atoms. The number of benzene rings is 1. The van der Waals surface area contributed by atoms with E-state index >= 15 is 0 Å². The fourth-order valence-electron chi connectivity index (χ4n) is 2.46. The number of hydrogen-bond donors (Lipinski definition) is 2. The molecule has 0 spiro atoms. The van der Waals surface area contributed by atoms with Crippen molar-refractivity contribution in [3.05, 3.63) is 76.4 Å². The molecule has 0 unspecified atom stereocenters. The Labute approximate surface area is 156 Å². The summed E-state index contributed by atoms with van der Waals surface area (Å²) in [6, 6.07) is 9.41.